The summed E-state index contributed by atoms with van der Waals surface area (Å²) in [6, 6.07) is 3.62. The van der Waals surface area contributed by atoms with Crippen LogP contribution in [0, 0.1) is 11.8 Å². The lowest BCUT2D eigenvalue weighted by atomic mass is 10.0. The van der Waals surface area contributed by atoms with Crippen LogP contribution in [0.4, 0.5) is 10.5 Å². The molecule has 0 saturated heterocycles. The Kier molecular flexibility index (Phi) is 11.8. The summed E-state index contributed by atoms with van der Waals surface area (Å²) in [5.74, 6) is -1.14. The van der Waals surface area contributed by atoms with E-state index < -0.39 is 45.4 Å². The third-order valence-electron chi connectivity index (χ3n) is 5.23. The van der Waals surface area contributed by atoms with Gasteiger partial charge in [-0.25, -0.2) is 23.6 Å². The molecular formula is C26H42N4O6S. The molecule has 37 heavy (non-hydrogen) atoms. The Bertz CT molecular complexity index is 1080. The van der Waals surface area contributed by atoms with Crippen LogP contribution in [0.5, 0.6) is 0 Å². The largest absolute Gasteiger partial charge is 0.443 e. The number of anilines is 1. The number of hydrazine groups is 1. The number of carbonyl (C=O) groups is 3. The summed E-state index contributed by atoms with van der Waals surface area (Å²) in [5, 5.41) is 4.61. The van der Waals surface area contributed by atoms with Gasteiger partial charge in [-0.15, -0.1) is 0 Å². The number of carbonyl (C=O) groups excluding carboxylic acids is 3. The number of nitrogens with zero attached hydrogens (tertiary/aromatic N) is 1. The van der Waals surface area contributed by atoms with Crippen LogP contribution in [-0.2, 0) is 24.2 Å². The number of hydrogen-bond donors (Lipinski definition) is 3. The average Bonchev–Trinajstić information content (AvgIpc) is 2.77. The smallest absolute Gasteiger partial charge is 0.426 e. The van der Waals surface area contributed by atoms with Gasteiger partial charge in [0.1, 0.15) is 11.6 Å². The molecule has 0 radical (unpaired) electrons. The summed E-state index contributed by atoms with van der Waals surface area (Å²) in [7, 11) is -3.71. The summed E-state index contributed by atoms with van der Waals surface area (Å²) in [4.78, 5) is 38.4. The van der Waals surface area contributed by atoms with Crippen molar-refractivity contribution in [2.75, 3.05) is 5.32 Å². The van der Waals surface area contributed by atoms with E-state index in [0.717, 1.165) is 16.8 Å². The Morgan fingerprint density at radius 2 is 1.73 bits per heavy atom. The van der Waals surface area contributed by atoms with Gasteiger partial charge in [0, 0.05) is 11.1 Å². The number of ether oxygens (including phenoxy) is 1. The van der Waals surface area contributed by atoms with Crippen LogP contribution in [0.25, 0.3) is 0 Å². The summed E-state index contributed by atoms with van der Waals surface area (Å²) in [6.45, 7) is 14.0. The molecule has 0 heterocycles. The number of nitrogens with two attached hydrogens (primary N) is 1. The van der Waals surface area contributed by atoms with Gasteiger partial charge < -0.3 is 15.8 Å². The van der Waals surface area contributed by atoms with Gasteiger partial charge in [0.25, 0.3) is 5.91 Å². The third kappa shape index (κ3) is 10.9. The van der Waals surface area contributed by atoms with E-state index in [1.54, 1.807) is 40.7 Å². The summed E-state index contributed by atoms with van der Waals surface area (Å²) in [5.41, 5.74) is 7.71. The SMILES string of the molecule is CC(C)CCC=CS(=O)(=O)c1cccc(NC(=O)[C@H](C)N(NC(=O)OC(C)(C)C)C(=O)[C@@H](N)C(C)C)c1. The zero-order valence-electron chi connectivity index (χ0n) is 23.1. The minimum absolute atomic E-state index is 0.0143. The van der Waals surface area contributed by atoms with Crippen LogP contribution in [0.3, 0.4) is 0 Å². The van der Waals surface area contributed by atoms with Crippen molar-refractivity contribution < 1.29 is 27.5 Å². The maximum absolute atomic E-state index is 13.1. The van der Waals surface area contributed by atoms with Gasteiger partial charge in [-0.1, -0.05) is 39.8 Å². The third-order valence-corrected chi connectivity index (χ3v) is 6.70. The summed E-state index contributed by atoms with van der Waals surface area (Å²) in [6.07, 6.45) is 2.20. The van der Waals surface area contributed by atoms with Gasteiger partial charge >= 0.3 is 6.09 Å². The Hall–Kier alpha value is -2.92. The van der Waals surface area contributed by atoms with E-state index in [2.05, 4.69) is 24.6 Å². The van der Waals surface area contributed by atoms with Crippen molar-refractivity contribution in [3.8, 4) is 0 Å². The molecule has 4 N–H and O–H groups in total. The van der Waals surface area contributed by atoms with Gasteiger partial charge in [-0.2, -0.15) is 0 Å². The molecule has 0 aliphatic heterocycles. The summed E-state index contributed by atoms with van der Waals surface area (Å²) < 4.78 is 30.6. The molecule has 0 aromatic heterocycles. The maximum Gasteiger partial charge on any atom is 0.426 e. The molecule has 10 nitrogen and oxygen atoms in total. The first-order valence-corrected chi connectivity index (χ1v) is 13.9. The first-order chi connectivity index (χ1) is 16.9. The highest BCUT2D eigenvalue weighted by Gasteiger charge is 2.33. The minimum Gasteiger partial charge on any atom is -0.443 e. The molecule has 2 atom stereocenters. The van der Waals surface area contributed by atoms with E-state index >= 15 is 0 Å². The van der Waals surface area contributed by atoms with Gasteiger partial charge in [-0.3, -0.25) is 9.59 Å². The fraction of sp³-hybridized carbons (Fsp3) is 0.577. The van der Waals surface area contributed by atoms with E-state index in [4.69, 9.17) is 10.5 Å². The lowest BCUT2D eigenvalue weighted by molar-refractivity contribution is -0.143. The van der Waals surface area contributed by atoms with Gasteiger partial charge in [0.05, 0.1) is 10.9 Å². The average molecular weight is 539 g/mol. The molecular weight excluding hydrogens is 496 g/mol. The zero-order chi connectivity index (χ0) is 28.6. The van der Waals surface area contributed by atoms with Crippen LogP contribution in [0.1, 0.15) is 68.2 Å². The highest BCUT2D eigenvalue weighted by Crippen LogP contribution is 2.19. The Balaban J connectivity index is 3.11. The standard InChI is InChI=1S/C26H42N4O6S/c1-17(2)12-9-10-15-37(34,35)21-14-11-13-20(16-21)28-23(31)19(5)30(24(32)22(27)18(3)4)29-25(33)36-26(6,7)8/h10-11,13-19,22H,9,12,27H2,1-8H3,(H,28,31)(H,29,33)/t19-,22-/m0/s1. The van der Waals surface area contributed by atoms with Crippen molar-refractivity contribution in [1.82, 2.24) is 10.4 Å². The van der Waals surface area contributed by atoms with Gasteiger partial charge in [0.2, 0.25) is 5.91 Å². The fourth-order valence-electron chi connectivity index (χ4n) is 3.01. The molecule has 1 rings (SSSR count). The zero-order valence-corrected chi connectivity index (χ0v) is 23.9. The second-order valence-corrected chi connectivity index (χ2v) is 12.5. The molecule has 0 spiro atoms. The van der Waals surface area contributed by atoms with Crippen molar-refractivity contribution in [2.45, 2.75) is 90.8 Å². The van der Waals surface area contributed by atoms with Crippen LogP contribution < -0.4 is 16.5 Å². The first kappa shape index (κ1) is 32.1. The van der Waals surface area contributed by atoms with E-state index in [1.165, 1.54) is 31.2 Å². The van der Waals surface area contributed by atoms with Crippen LogP contribution in [0.2, 0.25) is 0 Å². The van der Waals surface area contributed by atoms with Crippen molar-refractivity contribution in [3.05, 3.63) is 35.7 Å². The number of nitrogens with one attached hydrogen (secondary N) is 2. The fourth-order valence-corrected chi connectivity index (χ4v) is 4.11. The molecule has 208 valence electrons. The predicted octanol–water partition coefficient (Wildman–Crippen LogP) is 3.99. The number of benzene rings is 1. The van der Waals surface area contributed by atoms with Crippen molar-refractivity contribution in [2.24, 2.45) is 17.6 Å². The Morgan fingerprint density at radius 1 is 1.11 bits per heavy atom. The maximum atomic E-state index is 13.1. The lowest BCUT2D eigenvalue weighted by Gasteiger charge is -2.32. The van der Waals surface area contributed by atoms with Gasteiger partial charge in [-0.05, 0) is 70.6 Å². The number of rotatable bonds is 10. The Labute approximate surface area is 220 Å². The quantitative estimate of drug-likeness (QED) is 0.382. The normalized spacial score (nSPS) is 13.9. The lowest BCUT2D eigenvalue weighted by Crippen LogP contribution is -2.60. The molecule has 3 amide bonds. The van der Waals surface area contributed by atoms with Crippen molar-refractivity contribution >= 4 is 33.4 Å². The van der Waals surface area contributed by atoms with Crippen molar-refractivity contribution in [3.63, 3.8) is 0 Å². The summed E-state index contributed by atoms with van der Waals surface area (Å²) >= 11 is 0. The van der Waals surface area contributed by atoms with E-state index in [9.17, 15) is 22.8 Å². The van der Waals surface area contributed by atoms with E-state index in [0.29, 0.717) is 12.3 Å². The topological polar surface area (TPSA) is 148 Å². The first-order valence-electron chi connectivity index (χ1n) is 12.4. The van der Waals surface area contributed by atoms with Crippen LogP contribution >= 0.6 is 0 Å². The van der Waals surface area contributed by atoms with Crippen LogP contribution in [-0.4, -0.2) is 49.0 Å². The highest BCUT2D eigenvalue weighted by molar-refractivity contribution is 7.94. The van der Waals surface area contributed by atoms with E-state index in [-0.39, 0.29) is 16.5 Å². The van der Waals surface area contributed by atoms with Gasteiger partial charge in [0.15, 0.2) is 9.84 Å². The highest BCUT2D eigenvalue weighted by atomic mass is 32.2. The molecule has 0 aliphatic carbocycles. The van der Waals surface area contributed by atoms with Crippen molar-refractivity contribution in [1.29, 1.82) is 0 Å². The number of amides is 3. The number of allylic oxidation sites excluding steroid dienone is 1. The molecule has 0 fully saturated rings. The molecule has 0 saturated carbocycles. The molecule has 0 unspecified atom stereocenters. The molecule has 1 aromatic carbocycles. The van der Waals surface area contributed by atoms with Crippen LogP contribution in [0.15, 0.2) is 40.6 Å². The number of sulfone groups is 1. The van der Waals surface area contributed by atoms with E-state index in [1.807, 2.05) is 0 Å². The minimum atomic E-state index is -3.71. The monoisotopic (exact) mass is 538 g/mol. The molecule has 11 heteroatoms. The predicted molar refractivity (Wildman–Crippen MR) is 144 cm³/mol. The molecule has 0 bridgehead atoms. The second-order valence-electron chi connectivity index (χ2n) is 10.7. The number of hydrogen-bond acceptors (Lipinski definition) is 7. The second kappa shape index (κ2) is 13.6. The molecule has 0 aliphatic rings. The molecule has 1 aromatic rings. The Morgan fingerprint density at radius 3 is 2.27 bits per heavy atom.